The number of hydrogen-bond acceptors (Lipinski definition) is 10. The van der Waals surface area contributed by atoms with Gasteiger partial charge in [0, 0.05) is 173 Å². The molecule has 10 nitrogen and oxygen atoms in total. The monoisotopic (exact) mass is 2640 g/mol. The Hall–Kier alpha value is -12.9. The number of carbonyl (C=O) groups is 1. The maximum Gasteiger partial charge on any atom is 0.155 e. The molecule has 0 unspecified atom stereocenters. The van der Waals surface area contributed by atoms with Crippen molar-refractivity contribution in [2.45, 2.75) is 69.2 Å². The van der Waals surface area contributed by atoms with Crippen molar-refractivity contribution in [2.75, 3.05) is 0 Å². The zero-order chi connectivity index (χ0) is 90.6. The van der Waals surface area contributed by atoms with Crippen molar-refractivity contribution in [3.05, 3.63) is 518 Å². The number of aromatic nitrogens is 8. The number of aliphatic hydroxyl groups is 1. The Bertz CT molecular complexity index is 5990. The zero-order valence-electron chi connectivity index (χ0n) is 75.9. The number of aryl methyl sites for hydroxylation is 8. The Kier molecular flexibility index (Phi) is 49.4. The van der Waals surface area contributed by atoms with Crippen molar-refractivity contribution in [1.29, 1.82) is 0 Å². The minimum absolute atomic E-state index is 0. The number of hydrogen-bond donors (Lipinski definition) is 1. The summed E-state index contributed by atoms with van der Waals surface area (Å²) in [6.45, 7) is 19.6. The third-order valence-corrected chi connectivity index (χ3v) is 19.5. The van der Waals surface area contributed by atoms with Gasteiger partial charge in [-0.15, -0.1) is 285 Å². The van der Waals surface area contributed by atoms with Gasteiger partial charge >= 0.3 is 0 Å². The number of aliphatic hydroxyl groups excluding tert-OH is 1. The average Bonchev–Trinajstić information content (AvgIpc) is 0.824. The van der Waals surface area contributed by atoms with Gasteiger partial charge in [-0.05, 0) is 144 Å². The molecule has 1 N–H and O–H groups in total. The molecule has 0 aliphatic carbocycles. The molecule has 15 heteroatoms. The van der Waals surface area contributed by atoms with E-state index in [9.17, 15) is 4.79 Å². The third kappa shape index (κ3) is 36.6. The van der Waals surface area contributed by atoms with Crippen molar-refractivity contribution in [3.8, 4) is 123 Å². The molecule has 0 bridgehead atoms. The van der Waals surface area contributed by atoms with E-state index in [1.54, 1.807) is 31.0 Å². The van der Waals surface area contributed by atoms with E-state index < -0.39 is 0 Å². The fourth-order valence-electron chi connectivity index (χ4n) is 13.1. The second-order valence-electron chi connectivity index (χ2n) is 29.9. The predicted octanol–water partition coefficient (Wildman–Crippen LogP) is 28.9. The summed E-state index contributed by atoms with van der Waals surface area (Å²) < 4.78 is 0. The smallest absolute Gasteiger partial charge is 0.155 e. The van der Waals surface area contributed by atoms with Crippen LogP contribution < -0.4 is 0 Å². The van der Waals surface area contributed by atoms with E-state index in [-0.39, 0.29) is 112 Å². The molecular weight excluding hydrogens is 2530 g/mol. The minimum Gasteiger partial charge on any atom is -0.512 e. The molecule has 0 saturated carbocycles. The minimum atomic E-state index is -0.125. The van der Waals surface area contributed by atoms with Gasteiger partial charge in [0.1, 0.15) is 0 Å². The van der Waals surface area contributed by atoms with Crippen LogP contribution >= 0.6 is 0 Å². The van der Waals surface area contributed by atoms with Crippen LogP contribution in [0.1, 0.15) is 58.4 Å². The van der Waals surface area contributed by atoms with Crippen LogP contribution in [0.5, 0.6) is 0 Å². The van der Waals surface area contributed by atoms with Crippen molar-refractivity contribution < 1.29 is 110 Å². The van der Waals surface area contributed by atoms with Crippen molar-refractivity contribution in [3.63, 3.8) is 0 Å². The van der Waals surface area contributed by atoms with Crippen LogP contribution in [0.2, 0.25) is 0 Å². The first-order valence-electron chi connectivity index (χ1n) is 42.3. The Morgan fingerprint density at radius 3 is 0.709 bits per heavy atom. The molecule has 0 amide bonds. The Morgan fingerprint density at radius 1 is 0.239 bits per heavy atom. The molecule has 0 aliphatic rings. The van der Waals surface area contributed by atoms with Crippen LogP contribution in [0.25, 0.3) is 123 Å². The van der Waals surface area contributed by atoms with Crippen molar-refractivity contribution >= 4 is 5.78 Å². The van der Waals surface area contributed by atoms with E-state index >= 15 is 0 Å². The molecule has 19 aromatic rings. The summed E-state index contributed by atoms with van der Waals surface area (Å²) in [6, 6.07) is 146. The average molecular weight is 2640 g/mol. The number of carbonyl (C=O) groups excluding carboxylic acids is 1. The molecule has 5 radical (unpaired) electrons. The summed E-state index contributed by atoms with van der Waals surface area (Å²) >= 11 is 0. The summed E-state index contributed by atoms with van der Waals surface area (Å²) in [5.41, 5.74) is 33.2. The van der Waals surface area contributed by atoms with Crippen LogP contribution in [-0.2, 0) is 105 Å². The summed E-state index contributed by atoms with van der Waals surface area (Å²) in [4.78, 5) is 45.0. The Labute approximate surface area is 859 Å². The molecule has 0 saturated heterocycles. The molecule has 0 atom stereocenters. The van der Waals surface area contributed by atoms with Crippen molar-refractivity contribution in [2.24, 2.45) is 0 Å². The van der Waals surface area contributed by atoms with E-state index in [1.165, 1.54) is 97.8 Å². The van der Waals surface area contributed by atoms with Crippen LogP contribution in [0.3, 0.4) is 0 Å². The fraction of sp³-hybridized carbons (Fsp3) is 0.0840. The first kappa shape index (κ1) is 110. The Balaban J connectivity index is 0.000000233. The van der Waals surface area contributed by atoms with Gasteiger partial charge in [0.2, 0.25) is 0 Å². The maximum atomic E-state index is 10.0. The summed E-state index contributed by atoms with van der Waals surface area (Å²) in [5, 5.41) is 8.36. The standard InChI is InChI=1S/3C18H14N.5C12H10N.C5H8O2.5Ir/c3*1-14-12-18(16-10-6-3-7-11-16)19-13-17(14)15-8-4-2-5-9-15;4*1-10-5-4-6-11(9-10)12-7-2-3-8-13-12;1-10-6-2-3-7-11(10)12-8-4-5-9-13-12;1-4(6)3-5(2)7;;;;;/h3*2-10,12-13H,1H3;4*2-5,7-9H,1H3;2-6,8-9H,1H3;3,6H,1-2H3;;;;;/q8*-1;;;;;;. The molecule has 11 aromatic carbocycles. The second kappa shape index (κ2) is 60.3. The van der Waals surface area contributed by atoms with Gasteiger partial charge in [0.15, 0.2) is 5.78 Å². The zero-order valence-corrected chi connectivity index (χ0v) is 87.9. The first-order valence-corrected chi connectivity index (χ1v) is 42.3. The molecule has 134 heavy (non-hydrogen) atoms. The number of ketones is 1. The molecule has 8 aromatic heterocycles. The van der Waals surface area contributed by atoms with Crippen LogP contribution in [-0.4, -0.2) is 50.8 Å². The van der Waals surface area contributed by atoms with Gasteiger partial charge in [-0.25, -0.2) is 0 Å². The molecule has 0 aliphatic heterocycles. The number of benzene rings is 11. The topological polar surface area (TPSA) is 140 Å². The SMILES string of the molecule is CC(=O)C=C(C)O.Cc1cc(-c2[c-]cccc2)ncc1-c1ccccc1.Cc1cc(-c2[c-]cccc2)ncc1-c1ccccc1.Cc1cc(-c2[c-]cccc2)ncc1-c1ccccc1.Cc1cc[c-]c(-c2ccccn2)c1.Cc1cc[c-]c(-c2ccccn2)c1.Cc1cc[c-]c(-c2ccccn2)c1.Cc1cc[c-]c(-c2ccccn2)c1.Cc1ccc[c-]c1-c1ccccn1.[Ir].[Ir].[Ir].[Ir].[Ir]. The van der Waals surface area contributed by atoms with Crippen LogP contribution in [0, 0.1) is 104 Å². The van der Waals surface area contributed by atoms with Gasteiger partial charge in [-0.3, -0.25) is 4.79 Å². The fourth-order valence-corrected chi connectivity index (χ4v) is 13.1. The van der Waals surface area contributed by atoms with Crippen molar-refractivity contribution in [1.82, 2.24) is 39.9 Å². The van der Waals surface area contributed by atoms with Crippen LogP contribution in [0.15, 0.2) is 425 Å². The first-order chi connectivity index (χ1) is 63.0. The largest absolute Gasteiger partial charge is 0.512 e. The summed E-state index contributed by atoms with van der Waals surface area (Å²) in [6.07, 6.45) is 16.0. The van der Waals surface area contributed by atoms with Gasteiger partial charge < -0.3 is 45.0 Å². The quantitative estimate of drug-likeness (QED) is 0.0714. The number of rotatable bonds is 12. The van der Waals surface area contributed by atoms with E-state index in [0.717, 1.165) is 90.1 Å². The van der Waals surface area contributed by atoms with Gasteiger partial charge in [-0.2, -0.15) is 0 Å². The molecule has 8 heterocycles. The number of allylic oxidation sites excluding steroid dienone is 2. The van der Waals surface area contributed by atoms with E-state index in [4.69, 9.17) is 5.11 Å². The number of nitrogens with zero attached hydrogens (tertiary/aromatic N) is 8. The van der Waals surface area contributed by atoms with Gasteiger partial charge in [0.25, 0.3) is 0 Å². The summed E-state index contributed by atoms with van der Waals surface area (Å²) in [5.74, 6) is -0.0625. The van der Waals surface area contributed by atoms with Gasteiger partial charge in [-0.1, -0.05) is 204 Å². The molecule has 0 fully saturated rings. The second-order valence-corrected chi connectivity index (χ2v) is 29.9. The predicted molar refractivity (Wildman–Crippen MR) is 529 cm³/mol. The molecule has 19 rings (SSSR count). The van der Waals surface area contributed by atoms with E-state index in [0.29, 0.717) is 0 Å². The number of pyridine rings is 8. The van der Waals surface area contributed by atoms with Gasteiger partial charge in [0.05, 0.1) is 5.76 Å². The molecule has 0 spiro atoms. The van der Waals surface area contributed by atoms with E-state index in [1.807, 2.05) is 298 Å². The van der Waals surface area contributed by atoms with Crippen LogP contribution in [0.4, 0.5) is 0 Å². The maximum absolute atomic E-state index is 10.0. The summed E-state index contributed by atoms with van der Waals surface area (Å²) in [7, 11) is 0. The van der Waals surface area contributed by atoms with E-state index in [2.05, 4.69) is 229 Å². The third-order valence-electron chi connectivity index (χ3n) is 19.5. The normalized spacial score (nSPS) is 9.82. The molecular formula is C119H100Ir5N8O2-8. The molecule has 681 valence electrons. The Morgan fingerprint density at radius 2 is 0.493 bits per heavy atom.